The van der Waals surface area contributed by atoms with Gasteiger partial charge in [0.25, 0.3) is 5.91 Å². The van der Waals surface area contributed by atoms with E-state index >= 15 is 0 Å². The molecule has 0 radical (unpaired) electrons. The number of rotatable bonds is 14. The molecule has 0 aliphatic carbocycles. The van der Waals surface area contributed by atoms with Crippen LogP contribution in [0.25, 0.3) is 0 Å². The Morgan fingerprint density at radius 3 is 2.41 bits per heavy atom. The fourth-order valence-corrected chi connectivity index (χ4v) is 4.01. The molecule has 0 saturated carbocycles. The molecule has 0 aromatic heterocycles. The number of nitrogens with zero attached hydrogens (tertiary/aromatic N) is 3. The van der Waals surface area contributed by atoms with E-state index in [1.54, 1.807) is 30.9 Å². The van der Waals surface area contributed by atoms with Gasteiger partial charge in [-0.1, -0.05) is 49.8 Å². The monoisotopic (exact) mass is 512 g/mol. The van der Waals surface area contributed by atoms with Crippen LogP contribution >= 0.6 is 0 Å². The first kappa shape index (κ1) is 32.2. The van der Waals surface area contributed by atoms with Crippen LogP contribution in [-0.4, -0.2) is 86.2 Å². The summed E-state index contributed by atoms with van der Waals surface area (Å²) < 4.78 is 0. The van der Waals surface area contributed by atoms with Gasteiger partial charge in [-0.25, -0.2) is 5.84 Å². The Labute approximate surface area is 224 Å². The first-order chi connectivity index (χ1) is 17.4. The molecule has 0 heterocycles. The average Bonchev–Trinajstić information content (AvgIpc) is 2.85. The minimum Gasteiger partial charge on any atom is -0.374 e. The van der Waals surface area contributed by atoms with Crippen molar-refractivity contribution < 1.29 is 9.90 Å². The lowest BCUT2D eigenvalue weighted by atomic mass is 9.87. The van der Waals surface area contributed by atoms with Crippen molar-refractivity contribution in [3.8, 4) is 0 Å². The van der Waals surface area contributed by atoms with E-state index in [2.05, 4.69) is 31.3 Å². The van der Waals surface area contributed by atoms with Gasteiger partial charge in [-0.3, -0.25) is 15.1 Å². The van der Waals surface area contributed by atoms with Gasteiger partial charge in [0.1, 0.15) is 12.1 Å². The van der Waals surface area contributed by atoms with Gasteiger partial charge < -0.3 is 20.3 Å². The fraction of sp³-hybridized carbons (Fsp3) is 0.517. The lowest BCUT2D eigenvalue weighted by Gasteiger charge is -2.21. The number of aryl methyl sites for hydroxylation is 1. The average molecular weight is 513 g/mol. The second-order valence-corrected chi connectivity index (χ2v) is 9.77. The van der Waals surface area contributed by atoms with E-state index in [0.717, 1.165) is 37.1 Å². The molecular weight excluding hydrogens is 464 g/mol. The van der Waals surface area contributed by atoms with E-state index in [4.69, 9.17) is 11.3 Å². The van der Waals surface area contributed by atoms with Crippen LogP contribution in [0, 0.1) is 5.41 Å². The Bertz CT molecular complexity index is 979. The van der Waals surface area contributed by atoms with Gasteiger partial charge in [-0.2, -0.15) is 0 Å². The molecule has 8 heteroatoms. The number of likely N-dealkylation sites (N-methyl/N-ethyl adjacent to an activating group) is 1. The van der Waals surface area contributed by atoms with E-state index < -0.39 is 6.23 Å². The van der Waals surface area contributed by atoms with Crippen LogP contribution in [0.1, 0.15) is 61.0 Å². The smallest absolute Gasteiger partial charge is 0.253 e. The second kappa shape index (κ2) is 16.1. The summed E-state index contributed by atoms with van der Waals surface area (Å²) in [7, 11) is 8.82. The summed E-state index contributed by atoms with van der Waals surface area (Å²) in [5.74, 6) is 6.07. The summed E-state index contributed by atoms with van der Waals surface area (Å²) in [6, 6.07) is 6.03. The minimum absolute atomic E-state index is 0.00289. The number of nitrogens with one attached hydrogen (secondary N) is 2. The van der Waals surface area contributed by atoms with Gasteiger partial charge in [-0.15, -0.1) is 0 Å². The van der Waals surface area contributed by atoms with E-state index in [1.807, 2.05) is 51.4 Å². The van der Waals surface area contributed by atoms with Crippen molar-refractivity contribution in [3.05, 3.63) is 70.3 Å². The summed E-state index contributed by atoms with van der Waals surface area (Å²) in [5.41, 5.74) is 4.85. The highest BCUT2D eigenvalue weighted by Gasteiger charge is 2.17. The van der Waals surface area contributed by atoms with Gasteiger partial charge in [0.2, 0.25) is 0 Å². The molecule has 206 valence electrons. The van der Waals surface area contributed by atoms with Crippen molar-refractivity contribution in [3.63, 3.8) is 0 Å². The molecule has 0 saturated heterocycles. The molecule has 1 amide bonds. The number of carbonyl (C=O) groups excluding carboxylic acids is 1. The third kappa shape index (κ3) is 10.6. The first-order valence-electron chi connectivity index (χ1n) is 12.9. The molecule has 0 spiro atoms. The molecule has 5 N–H and O–H groups in total. The second-order valence-electron chi connectivity index (χ2n) is 9.77. The SMILES string of the molecule is CCNCCC(/C=C(C)/C=C(\C=C/CC(=N)N(C)N)C(O)N(C)C)c1ccc(C(=O)N(C)C)cc1CC. The minimum atomic E-state index is -0.785. The molecule has 0 aliphatic rings. The maximum Gasteiger partial charge on any atom is 0.253 e. The van der Waals surface area contributed by atoms with Crippen LogP contribution in [0.3, 0.4) is 0 Å². The molecule has 2 atom stereocenters. The van der Waals surface area contributed by atoms with Crippen LogP contribution in [0.2, 0.25) is 0 Å². The highest BCUT2D eigenvalue weighted by atomic mass is 16.3. The quantitative estimate of drug-likeness (QED) is 0.0578. The predicted molar refractivity (Wildman–Crippen MR) is 155 cm³/mol. The number of allylic oxidation sites excluding steroid dienone is 3. The highest BCUT2D eigenvalue weighted by molar-refractivity contribution is 5.94. The Kier molecular flexibility index (Phi) is 14.1. The van der Waals surface area contributed by atoms with Crippen molar-refractivity contribution in [1.29, 1.82) is 5.41 Å². The maximum atomic E-state index is 12.5. The third-order valence-corrected chi connectivity index (χ3v) is 6.15. The largest absolute Gasteiger partial charge is 0.374 e. The third-order valence-electron chi connectivity index (χ3n) is 6.15. The summed E-state index contributed by atoms with van der Waals surface area (Å²) >= 11 is 0. The summed E-state index contributed by atoms with van der Waals surface area (Å²) in [5, 5.41) is 23.4. The molecule has 0 fully saturated rings. The van der Waals surface area contributed by atoms with Crippen LogP contribution in [0.4, 0.5) is 0 Å². The number of nitrogens with two attached hydrogens (primary N) is 1. The van der Waals surface area contributed by atoms with Crippen molar-refractivity contribution in [1.82, 2.24) is 20.1 Å². The molecule has 1 aromatic carbocycles. The Balaban J connectivity index is 3.44. The summed E-state index contributed by atoms with van der Waals surface area (Å²) in [6.07, 6.45) is 9.26. The number of hydrogen-bond donors (Lipinski definition) is 4. The lowest BCUT2D eigenvalue weighted by Crippen LogP contribution is -2.32. The standard InChI is InChI=1S/C29H48N6O2/c1-9-22-20-25(29(37)34(6)7)14-15-26(22)23(16-17-32-10-2)18-21(3)19-24(28(36)33(4)5)12-11-13-27(30)35(8)31/h11-12,14-15,18-20,23,28,30,32,36H,9-10,13,16-17,31H2,1-8H3/b12-11-,21-18+,24-19+,30-27?. The molecule has 0 bridgehead atoms. The van der Waals surface area contributed by atoms with Crippen molar-refractivity contribution in [2.75, 3.05) is 48.3 Å². The molecule has 0 aliphatic heterocycles. The van der Waals surface area contributed by atoms with Crippen molar-refractivity contribution in [2.24, 2.45) is 5.84 Å². The number of benzene rings is 1. The van der Waals surface area contributed by atoms with E-state index in [-0.39, 0.29) is 17.7 Å². The molecular formula is C29H48N6O2. The summed E-state index contributed by atoms with van der Waals surface area (Å²) in [4.78, 5) is 15.9. The molecule has 1 rings (SSSR count). The van der Waals surface area contributed by atoms with Crippen LogP contribution in [0.5, 0.6) is 0 Å². The fourth-order valence-electron chi connectivity index (χ4n) is 4.01. The van der Waals surface area contributed by atoms with Gasteiger partial charge in [0, 0.05) is 39.0 Å². The Hall–Kier alpha value is -2.78. The van der Waals surface area contributed by atoms with E-state index in [0.29, 0.717) is 12.0 Å². The Morgan fingerprint density at radius 1 is 1.19 bits per heavy atom. The number of aliphatic hydroxyl groups is 1. The van der Waals surface area contributed by atoms with Crippen LogP contribution in [0.15, 0.2) is 53.6 Å². The van der Waals surface area contributed by atoms with Gasteiger partial charge in [0.15, 0.2) is 0 Å². The van der Waals surface area contributed by atoms with Gasteiger partial charge in [-0.05, 0) is 75.8 Å². The summed E-state index contributed by atoms with van der Waals surface area (Å²) in [6.45, 7) is 8.04. The number of hydrogen-bond acceptors (Lipinski definition) is 6. The molecule has 2 unspecified atom stereocenters. The normalized spacial score (nSPS) is 14.2. The van der Waals surface area contributed by atoms with Crippen LogP contribution in [-0.2, 0) is 6.42 Å². The van der Waals surface area contributed by atoms with Crippen LogP contribution < -0.4 is 11.2 Å². The number of hydrazine groups is 1. The molecule has 1 aromatic rings. The van der Waals surface area contributed by atoms with Crippen molar-refractivity contribution >= 4 is 11.7 Å². The number of amides is 1. The zero-order valence-corrected chi connectivity index (χ0v) is 24.0. The zero-order chi connectivity index (χ0) is 28.1. The molecule has 37 heavy (non-hydrogen) atoms. The maximum absolute atomic E-state index is 12.5. The number of aliphatic hydroxyl groups excluding tert-OH is 1. The highest BCUT2D eigenvalue weighted by Crippen LogP contribution is 2.28. The zero-order valence-electron chi connectivity index (χ0n) is 24.0. The van der Waals surface area contributed by atoms with Gasteiger partial charge in [0.05, 0.1) is 0 Å². The molecule has 8 nitrogen and oxygen atoms in total. The van der Waals surface area contributed by atoms with Gasteiger partial charge >= 0.3 is 0 Å². The predicted octanol–water partition coefficient (Wildman–Crippen LogP) is 3.52. The number of amidine groups is 1. The topological polar surface area (TPSA) is 109 Å². The number of carbonyl (C=O) groups is 1. The lowest BCUT2D eigenvalue weighted by molar-refractivity contribution is 0.0760. The van der Waals surface area contributed by atoms with E-state index in [1.165, 1.54) is 16.1 Å². The van der Waals surface area contributed by atoms with E-state index in [9.17, 15) is 9.90 Å². The Morgan fingerprint density at radius 2 is 1.86 bits per heavy atom. The van der Waals surface area contributed by atoms with Crippen molar-refractivity contribution in [2.45, 2.75) is 52.2 Å². The first-order valence-corrected chi connectivity index (χ1v) is 12.9.